The number of benzene rings is 1. The van der Waals surface area contributed by atoms with Gasteiger partial charge in [0, 0.05) is 12.1 Å². The van der Waals surface area contributed by atoms with E-state index in [9.17, 15) is 10.0 Å². The normalized spacial score (nSPS) is 10.6. The third-order valence-electron chi connectivity index (χ3n) is 2.70. The van der Waals surface area contributed by atoms with Crippen LogP contribution in [0.5, 0.6) is 0 Å². The van der Waals surface area contributed by atoms with Gasteiger partial charge in [0.1, 0.15) is 11.6 Å². The monoisotopic (exact) mass is 286 g/mol. The van der Waals surface area contributed by atoms with Crippen molar-refractivity contribution in [3.63, 3.8) is 0 Å². The minimum atomic E-state index is -0.653. The Hall–Kier alpha value is -2.47. The van der Waals surface area contributed by atoms with Crippen molar-refractivity contribution in [2.75, 3.05) is 0 Å². The lowest BCUT2D eigenvalue weighted by atomic mass is 10.3. The molecule has 0 bridgehead atoms. The summed E-state index contributed by atoms with van der Waals surface area (Å²) in [6.45, 7) is 0.0626. The molecule has 2 aromatic heterocycles. The first-order valence-electron chi connectivity index (χ1n) is 5.94. The summed E-state index contributed by atoms with van der Waals surface area (Å²) in [5.41, 5.74) is 0.843. The van der Waals surface area contributed by atoms with Gasteiger partial charge in [-0.15, -0.1) is 11.3 Å². The number of thiazole rings is 1. The zero-order valence-electron chi connectivity index (χ0n) is 10.4. The number of rotatable bonds is 3. The smallest absolute Gasteiger partial charge is 0.405 e. The molecule has 0 saturated carbocycles. The average molecular weight is 286 g/mol. The lowest BCUT2D eigenvalue weighted by Gasteiger charge is -2.03. The molecule has 2 heterocycles. The first-order valence-corrected chi connectivity index (χ1v) is 6.75. The van der Waals surface area contributed by atoms with E-state index in [1.165, 1.54) is 23.6 Å². The number of fused-ring (bicyclic) bond motifs is 1. The summed E-state index contributed by atoms with van der Waals surface area (Å²) in [5.74, 6) is -0.653. The fourth-order valence-electron chi connectivity index (χ4n) is 1.77. The molecule has 0 radical (unpaired) electrons. The summed E-state index contributed by atoms with van der Waals surface area (Å²) in [5, 5.41) is 12.1. The molecular weight excluding hydrogens is 276 g/mol. The molecule has 100 valence electrons. The second kappa shape index (κ2) is 5.26. The summed E-state index contributed by atoms with van der Waals surface area (Å²) >= 11 is 1.47. The Balaban J connectivity index is 1.73. The van der Waals surface area contributed by atoms with E-state index in [1.54, 1.807) is 12.1 Å². The predicted molar refractivity (Wildman–Crippen MR) is 74.1 cm³/mol. The number of ether oxygens (including phenoxy) is 1. The summed E-state index contributed by atoms with van der Waals surface area (Å²) in [6, 6.07) is 12.3. The number of pyridine rings is 1. The summed E-state index contributed by atoms with van der Waals surface area (Å²) in [4.78, 5) is 16.1. The zero-order chi connectivity index (χ0) is 13.9. The summed E-state index contributed by atoms with van der Waals surface area (Å²) < 4.78 is 6.64. The number of aromatic nitrogens is 2. The molecule has 0 unspecified atom stereocenters. The van der Waals surface area contributed by atoms with Crippen molar-refractivity contribution in [3.05, 3.63) is 64.6 Å². The van der Waals surface area contributed by atoms with E-state index >= 15 is 0 Å². The molecule has 0 N–H and O–H groups in total. The summed E-state index contributed by atoms with van der Waals surface area (Å²) in [6.07, 6.45) is 1.26. The first kappa shape index (κ1) is 12.6. The Bertz CT molecular complexity index is 737. The number of carbonyl (C=O) groups is 1. The minimum absolute atomic E-state index is 0.0337. The van der Waals surface area contributed by atoms with Crippen molar-refractivity contribution in [2.24, 2.45) is 0 Å². The standard InChI is InChI=1S/C14H10N2O3S/c17-14(11-6-3-4-8-16(11)18)19-9-13-15-10-5-1-2-7-12(10)20-13/h1-8H,9H2. The molecule has 0 aliphatic rings. The van der Waals surface area contributed by atoms with Gasteiger partial charge in [-0.1, -0.05) is 12.1 Å². The molecule has 20 heavy (non-hydrogen) atoms. The molecular formula is C14H10N2O3S. The predicted octanol–water partition coefficient (Wildman–Crippen LogP) is 2.29. The van der Waals surface area contributed by atoms with Crippen molar-refractivity contribution in [1.29, 1.82) is 0 Å². The van der Waals surface area contributed by atoms with Crippen LogP contribution in [-0.2, 0) is 11.3 Å². The van der Waals surface area contributed by atoms with Crippen LogP contribution < -0.4 is 4.73 Å². The quantitative estimate of drug-likeness (QED) is 0.421. The van der Waals surface area contributed by atoms with Crippen molar-refractivity contribution < 1.29 is 14.3 Å². The fraction of sp³-hybridized carbons (Fsp3) is 0.0714. The van der Waals surface area contributed by atoms with Crippen LogP contribution in [0.3, 0.4) is 0 Å². The van der Waals surface area contributed by atoms with Gasteiger partial charge in [0.2, 0.25) is 0 Å². The Morgan fingerprint density at radius 2 is 2.05 bits per heavy atom. The van der Waals surface area contributed by atoms with Crippen LogP contribution in [-0.4, -0.2) is 11.0 Å². The number of nitrogens with zero attached hydrogens (tertiary/aromatic N) is 2. The van der Waals surface area contributed by atoms with E-state index in [0.29, 0.717) is 9.74 Å². The van der Waals surface area contributed by atoms with Crippen LogP contribution in [0.2, 0.25) is 0 Å². The highest BCUT2D eigenvalue weighted by molar-refractivity contribution is 7.18. The maximum atomic E-state index is 11.8. The first-order chi connectivity index (χ1) is 9.74. The van der Waals surface area contributed by atoms with Crippen molar-refractivity contribution in [1.82, 2.24) is 4.98 Å². The molecule has 3 rings (SSSR count). The van der Waals surface area contributed by atoms with Gasteiger partial charge in [0.05, 0.1) is 10.2 Å². The van der Waals surface area contributed by atoms with Gasteiger partial charge in [-0.3, -0.25) is 0 Å². The molecule has 1 aromatic carbocycles. The van der Waals surface area contributed by atoms with Crippen LogP contribution in [0.25, 0.3) is 10.2 Å². The Kier molecular flexibility index (Phi) is 3.30. The molecule has 0 spiro atoms. The van der Waals surface area contributed by atoms with E-state index in [2.05, 4.69) is 4.98 Å². The maximum absolute atomic E-state index is 11.8. The second-order valence-electron chi connectivity index (χ2n) is 4.06. The molecule has 0 aliphatic carbocycles. The van der Waals surface area contributed by atoms with Gasteiger partial charge in [0.15, 0.2) is 6.20 Å². The third-order valence-corrected chi connectivity index (χ3v) is 3.71. The Morgan fingerprint density at radius 1 is 1.25 bits per heavy atom. The lowest BCUT2D eigenvalue weighted by Crippen LogP contribution is -2.34. The van der Waals surface area contributed by atoms with E-state index in [-0.39, 0.29) is 12.3 Å². The largest absolute Gasteiger partial charge is 0.618 e. The van der Waals surface area contributed by atoms with Gasteiger partial charge in [-0.25, -0.2) is 9.78 Å². The fourth-order valence-corrected chi connectivity index (χ4v) is 2.65. The van der Waals surface area contributed by atoms with Gasteiger partial charge < -0.3 is 9.94 Å². The van der Waals surface area contributed by atoms with Gasteiger partial charge >= 0.3 is 11.7 Å². The molecule has 0 fully saturated rings. The third kappa shape index (κ3) is 2.46. The van der Waals surface area contributed by atoms with Gasteiger partial charge in [-0.05, 0) is 18.2 Å². The highest BCUT2D eigenvalue weighted by Gasteiger charge is 2.17. The number of hydrogen-bond acceptors (Lipinski definition) is 5. The highest BCUT2D eigenvalue weighted by atomic mass is 32.1. The van der Waals surface area contributed by atoms with Crippen LogP contribution >= 0.6 is 11.3 Å². The topological polar surface area (TPSA) is 66.1 Å². The van der Waals surface area contributed by atoms with E-state index < -0.39 is 5.97 Å². The van der Waals surface area contributed by atoms with Crippen LogP contribution in [0.15, 0.2) is 48.7 Å². The number of carbonyl (C=O) groups excluding carboxylic acids is 1. The SMILES string of the molecule is O=C(OCc1nc2ccccc2s1)c1cccc[n+]1[O-]. The number of para-hydroxylation sites is 1. The van der Waals surface area contributed by atoms with Gasteiger partial charge in [-0.2, -0.15) is 4.73 Å². The van der Waals surface area contributed by atoms with Crippen molar-refractivity contribution >= 4 is 27.5 Å². The molecule has 3 aromatic rings. The zero-order valence-corrected chi connectivity index (χ0v) is 11.2. The van der Waals surface area contributed by atoms with Crippen molar-refractivity contribution in [2.45, 2.75) is 6.61 Å². The molecule has 0 aliphatic heterocycles. The second-order valence-corrected chi connectivity index (χ2v) is 5.18. The maximum Gasteiger partial charge on any atom is 0.405 e. The molecule has 0 atom stereocenters. The number of esters is 1. The summed E-state index contributed by atoms with van der Waals surface area (Å²) in [7, 11) is 0. The lowest BCUT2D eigenvalue weighted by molar-refractivity contribution is -0.608. The Labute approximate surface area is 118 Å². The minimum Gasteiger partial charge on any atom is -0.618 e. The van der Waals surface area contributed by atoms with Crippen LogP contribution in [0.4, 0.5) is 0 Å². The van der Waals surface area contributed by atoms with Gasteiger partial charge in [0.25, 0.3) is 0 Å². The highest BCUT2D eigenvalue weighted by Crippen LogP contribution is 2.22. The van der Waals surface area contributed by atoms with Crippen molar-refractivity contribution in [3.8, 4) is 0 Å². The average Bonchev–Trinajstić information content (AvgIpc) is 2.88. The number of hydrogen-bond donors (Lipinski definition) is 0. The van der Waals surface area contributed by atoms with Crippen LogP contribution in [0.1, 0.15) is 15.5 Å². The van der Waals surface area contributed by atoms with Crippen LogP contribution in [0, 0.1) is 5.21 Å². The molecule has 0 amide bonds. The Morgan fingerprint density at radius 3 is 2.85 bits per heavy atom. The molecule has 5 nitrogen and oxygen atoms in total. The van der Waals surface area contributed by atoms with E-state index in [1.807, 2.05) is 24.3 Å². The molecule has 0 saturated heterocycles. The van der Waals surface area contributed by atoms with E-state index in [0.717, 1.165) is 10.2 Å². The molecule has 6 heteroatoms. The van der Waals surface area contributed by atoms with E-state index in [4.69, 9.17) is 4.74 Å².